The van der Waals surface area contributed by atoms with Crippen molar-refractivity contribution in [1.82, 2.24) is 4.90 Å². The smallest absolute Gasteiger partial charge is 0.254 e. The SMILES string of the molecule is Cc1cc(C(=O)N2CC(CN)CC2C)ccc1Br.Cl. The molecule has 2 N–H and O–H groups in total. The molecule has 1 heterocycles. The third-order valence-corrected chi connectivity index (χ3v) is 4.55. The molecule has 0 aromatic heterocycles. The molecular weight excluding hydrogens is 328 g/mol. The number of amides is 1. The fourth-order valence-electron chi connectivity index (χ4n) is 2.54. The second-order valence-corrected chi connectivity index (χ2v) is 5.96. The van der Waals surface area contributed by atoms with Crippen LogP contribution >= 0.6 is 28.3 Å². The molecule has 1 aliphatic rings. The molecule has 0 spiro atoms. The Hall–Kier alpha value is -0.580. The Balaban J connectivity index is 0.00000180. The lowest BCUT2D eigenvalue weighted by atomic mass is 10.1. The van der Waals surface area contributed by atoms with Crippen molar-refractivity contribution in [2.24, 2.45) is 11.7 Å². The number of likely N-dealkylation sites (tertiary alicyclic amines) is 1. The topological polar surface area (TPSA) is 46.3 Å². The van der Waals surface area contributed by atoms with Crippen molar-refractivity contribution < 1.29 is 4.79 Å². The lowest BCUT2D eigenvalue weighted by molar-refractivity contribution is 0.0743. The van der Waals surface area contributed by atoms with Gasteiger partial charge in [0.05, 0.1) is 0 Å². The van der Waals surface area contributed by atoms with E-state index in [4.69, 9.17) is 5.73 Å². The molecule has 19 heavy (non-hydrogen) atoms. The van der Waals surface area contributed by atoms with Gasteiger partial charge in [-0.3, -0.25) is 4.79 Å². The van der Waals surface area contributed by atoms with E-state index in [9.17, 15) is 4.79 Å². The van der Waals surface area contributed by atoms with Crippen LogP contribution in [0, 0.1) is 12.8 Å². The molecule has 1 aromatic carbocycles. The molecular formula is C14H20BrClN2O. The predicted octanol–water partition coefficient (Wildman–Crippen LogP) is 2.99. The maximum Gasteiger partial charge on any atom is 0.254 e. The number of halogens is 2. The minimum atomic E-state index is 0. The molecule has 3 nitrogen and oxygen atoms in total. The molecule has 0 aliphatic carbocycles. The molecule has 1 fully saturated rings. The summed E-state index contributed by atoms with van der Waals surface area (Å²) in [5, 5.41) is 0. The predicted molar refractivity (Wildman–Crippen MR) is 83.8 cm³/mol. The van der Waals surface area contributed by atoms with Crippen LogP contribution in [-0.4, -0.2) is 29.9 Å². The number of hydrogen-bond donors (Lipinski definition) is 1. The number of carbonyl (C=O) groups excluding carboxylic acids is 1. The molecule has 0 saturated carbocycles. The number of nitrogens with zero attached hydrogens (tertiary/aromatic N) is 1. The van der Waals surface area contributed by atoms with Gasteiger partial charge in [-0.1, -0.05) is 15.9 Å². The fraction of sp³-hybridized carbons (Fsp3) is 0.500. The number of benzene rings is 1. The number of rotatable bonds is 2. The van der Waals surface area contributed by atoms with E-state index in [2.05, 4.69) is 22.9 Å². The fourth-order valence-corrected chi connectivity index (χ4v) is 2.79. The van der Waals surface area contributed by atoms with E-state index in [0.717, 1.165) is 28.6 Å². The summed E-state index contributed by atoms with van der Waals surface area (Å²) in [5.41, 5.74) is 7.55. The first-order chi connectivity index (χ1) is 8.52. The minimum absolute atomic E-state index is 0. The van der Waals surface area contributed by atoms with E-state index >= 15 is 0 Å². The highest BCUT2D eigenvalue weighted by molar-refractivity contribution is 9.10. The van der Waals surface area contributed by atoms with Crippen LogP contribution < -0.4 is 5.73 Å². The van der Waals surface area contributed by atoms with Crippen LogP contribution in [0.2, 0.25) is 0 Å². The van der Waals surface area contributed by atoms with Gasteiger partial charge in [-0.25, -0.2) is 0 Å². The van der Waals surface area contributed by atoms with E-state index in [1.54, 1.807) is 0 Å². The Morgan fingerprint density at radius 2 is 2.21 bits per heavy atom. The van der Waals surface area contributed by atoms with E-state index in [-0.39, 0.29) is 24.4 Å². The third-order valence-electron chi connectivity index (χ3n) is 3.66. The lowest BCUT2D eigenvalue weighted by Gasteiger charge is -2.21. The molecule has 0 bridgehead atoms. The van der Waals surface area contributed by atoms with Gasteiger partial charge in [0, 0.05) is 22.6 Å². The van der Waals surface area contributed by atoms with Crippen LogP contribution in [0.4, 0.5) is 0 Å². The first-order valence-corrected chi connectivity index (χ1v) is 7.09. The summed E-state index contributed by atoms with van der Waals surface area (Å²) in [7, 11) is 0. The zero-order valence-corrected chi connectivity index (χ0v) is 13.6. The summed E-state index contributed by atoms with van der Waals surface area (Å²) in [4.78, 5) is 14.4. The van der Waals surface area contributed by atoms with Crippen molar-refractivity contribution >= 4 is 34.2 Å². The van der Waals surface area contributed by atoms with Gasteiger partial charge in [-0.2, -0.15) is 0 Å². The molecule has 1 aromatic rings. The summed E-state index contributed by atoms with van der Waals surface area (Å²) < 4.78 is 1.04. The highest BCUT2D eigenvalue weighted by Gasteiger charge is 2.32. The maximum atomic E-state index is 12.5. The quantitative estimate of drug-likeness (QED) is 0.894. The van der Waals surface area contributed by atoms with E-state index in [1.165, 1.54) is 0 Å². The summed E-state index contributed by atoms with van der Waals surface area (Å²) in [6.45, 7) is 5.54. The van der Waals surface area contributed by atoms with E-state index in [1.807, 2.05) is 30.0 Å². The van der Waals surface area contributed by atoms with Gasteiger partial charge in [-0.15, -0.1) is 12.4 Å². The summed E-state index contributed by atoms with van der Waals surface area (Å²) in [5.74, 6) is 0.564. The lowest BCUT2D eigenvalue weighted by Crippen LogP contribution is -2.34. The molecule has 2 unspecified atom stereocenters. The number of carbonyl (C=O) groups is 1. The minimum Gasteiger partial charge on any atom is -0.336 e. The highest BCUT2D eigenvalue weighted by Crippen LogP contribution is 2.25. The number of aryl methyl sites for hydroxylation is 1. The van der Waals surface area contributed by atoms with Gasteiger partial charge >= 0.3 is 0 Å². The first kappa shape index (κ1) is 16.5. The normalized spacial score (nSPS) is 22.2. The van der Waals surface area contributed by atoms with E-state index < -0.39 is 0 Å². The van der Waals surface area contributed by atoms with Gasteiger partial charge < -0.3 is 10.6 Å². The van der Waals surface area contributed by atoms with Gasteiger partial charge in [0.1, 0.15) is 0 Å². The van der Waals surface area contributed by atoms with Crippen molar-refractivity contribution in [3.8, 4) is 0 Å². The monoisotopic (exact) mass is 346 g/mol. The average molecular weight is 348 g/mol. The van der Waals surface area contributed by atoms with Crippen LogP contribution in [0.5, 0.6) is 0 Å². The number of nitrogens with two attached hydrogens (primary N) is 1. The van der Waals surface area contributed by atoms with Crippen LogP contribution in [0.15, 0.2) is 22.7 Å². The average Bonchev–Trinajstić information content (AvgIpc) is 2.73. The Morgan fingerprint density at radius 1 is 1.53 bits per heavy atom. The molecule has 1 saturated heterocycles. The maximum absolute atomic E-state index is 12.5. The van der Waals surface area contributed by atoms with Crippen molar-refractivity contribution in [1.29, 1.82) is 0 Å². The second kappa shape index (κ2) is 6.73. The van der Waals surface area contributed by atoms with Gasteiger partial charge in [0.15, 0.2) is 0 Å². The molecule has 2 rings (SSSR count). The van der Waals surface area contributed by atoms with Gasteiger partial charge in [0.25, 0.3) is 5.91 Å². The van der Waals surface area contributed by atoms with Gasteiger partial charge in [0.2, 0.25) is 0 Å². The second-order valence-electron chi connectivity index (χ2n) is 5.11. The van der Waals surface area contributed by atoms with Crippen molar-refractivity contribution in [3.63, 3.8) is 0 Å². The Bertz CT molecular complexity index is 467. The molecule has 1 amide bonds. The summed E-state index contributed by atoms with van der Waals surface area (Å²) >= 11 is 3.45. The largest absolute Gasteiger partial charge is 0.336 e. The first-order valence-electron chi connectivity index (χ1n) is 6.30. The zero-order chi connectivity index (χ0) is 13.3. The summed E-state index contributed by atoms with van der Waals surface area (Å²) in [6.07, 6.45) is 1.01. The Morgan fingerprint density at radius 3 is 2.74 bits per heavy atom. The number of hydrogen-bond acceptors (Lipinski definition) is 2. The molecule has 106 valence electrons. The van der Waals surface area contributed by atoms with E-state index in [0.29, 0.717) is 12.5 Å². The van der Waals surface area contributed by atoms with Crippen LogP contribution in [-0.2, 0) is 0 Å². The molecule has 2 atom stereocenters. The molecule has 0 radical (unpaired) electrons. The Labute approximate surface area is 129 Å². The third kappa shape index (κ3) is 3.50. The molecule has 5 heteroatoms. The van der Waals surface area contributed by atoms with Crippen molar-refractivity contribution in [2.75, 3.05) is 13.1 Å². The zero-order valence-electron chi connectivity index (χ0n) is 11.2. The van der Waals surface area contributed by atoms with Crippen molar-refractivity contribution in [2.45, 2.75) is 26.3 Å². The van der Waals surface area contributed by atoms with Crippen LogP contribution in [0.3, 0.4) is 0 Å². The standard InChI is InChI=1S/C14H19BrN2O.ClH/c1-9-5-12(3-4-13(9)15)14(18)17-8-11(7-16)6-10(17)2;/h3-5,10-11H,6-8,16H2,1-2H3;1H. The van der Waals surface area contributed by atoms with Crippen LogP contribution in [0.25, 0.3) is 0 Å². The molecule has 1 aliphatic heterocycles. The Kier molecular flexibility index (Phi) is 5.83. The summed E-state index contributed by atoms with van der Waals surface area (Å²) in [6, 6.07) is 6.04. The highest BCUT2D eigenvalue weighted by atomic mass is 79.9. The van der Waals surface area contributed by atoms with Crippen LogP contribution in [0.1, 0.15) is 29.3 Å². The van der Waals surface area contributed by atoms with Gasteiger partial charge in [-0.05, 0) is 56.5 Å². The van der Waals surface area contributed by atoms with Crippen molar-refractivity contribution in [3.05, 3.63) is 33.8 Å².